The first-order valence-corrected chi connectivity index (χ1v) is 5.56. The Balaban J connectivity index is -0.000000180. The molecule has 0 aromatic rings. The van der Waals surface area contributed by atoms with Crippen molar-refractivity contribution in [3.05, 3.63) is 0 Å². The molecule has 0 nitrogen and oxygen atoms in total. The van der Waals surface area contributed by atoms with E-state index in [1.807, 2.05) is 0 Å². The summed E-state index contributed by atoms with van der Waals surface area (Å²) in [5.41, 5.74) is 0. The molecule has 0 saturated heterocycles. The Morgan fingerprint density at radius 2 is 2.14 bits per heavy atom. The van der Waals surface area contributed by atoms with E-state index in [-0.39, 0.29) is 2.85 Å². The van der Waals surface area contributed by atoms with E-state index >= 15 is 0 Å². The van der Waals surface area contributed by atoms with E-state index < -0.39 is 0 Å². The fourth-order valence-corrected chi connectivity index (χ4v) is 1.39. The summed E-state index contributed by atoms with van der Waals surface area (Å²) < 4.78 is 0.829. The molecule has 0 atom stereocenters. The van der Waals surface area contributed by atoms with Gasteiger partial charge in [-0.25, -0.2) is 0 Å². The minimum atomic E-state index is 0. The Labute approximate surface area is 83.5 Å². The third-order valence-corrected chi connectivity index (χ3v) is 2.28. The van der Waals surface area contributed by atoms with Crippen LogP contribution in [0, 0.1) is 0 Å². The molecule has 0 bridgehead atoms. The molecule has 0 aliphatic heterocycles. The number of rotatable bonds is 3. The van der Waals surface area contributed by atoms with Gasteiger partial charge in [0.25, 0.3) is 0 Å². The summed E-state index contributed by atoms with van der Waals surface area (Å²) in [7, 11) is 0. The maximum atomic E-state index is 2.74. The minimum absolute atomic E-state index is 0. The number of hydrogen-bond acceptors (Lipinski definition) is 0. The van der Waals surface area contributed by atoms with E-state index in [0.717, 1.165) is 1.93 Å². The quantitative estimate of drug-likeness (QED) is 0.422. The van der Waals surface area contributed by atoms with Crippen molar-refractivity contribution in [1.82, 2.24) is 0 Å². The van der Waals surface area contributed by atoms with Crippen LogP contribution in [0.15, 0.2) is 0 Å². The van der Waals surface area contributed by atoms with E-state index in [1.165, 1.54) is 18.1 Å². The Hall–Kier alpha value is 1.99. The van der Waals surface area contributed by atoms with E-state index in [1.54, 1.807) is 0 Å². The minimum Gasteiger partial charge on any atom is -1.00 e. The molecule has 0 saturated carbocycles. The predicted molar refractivity (Wildman–Crippen MR) is 53.8 cm³/mol. The van der Waals surface area contributed by atoms with Gasteiger partial charge in [-0.1, -0.05) is 0 Å². The van der Waals surface area contributed by atoms with Crippen LogP contribution in [-0.4, -0.2) is 18.2 Å². The van der Waals surface area contributed by atoms with Crippen LogP contribution >= 0.6 is 45.2 Å². The van der Waals surface area contributed by atoms with Crippen LogP contribution < -0.4 is 0 Å². The molecule has 0 aromatic heterocycles. The van der Waals surface area contributed by atoms with Crippen molar-refractivity contribution in [2.24, 2.45) is 0 Å². The van der Waals surface area contributed by atoms with Gasteiger partial charge < -0.3 is 2.85 Å². The van der Waals surface area contributed by atoms with Crippen LogP contribution in [-0.2, 0) is 0 Å². The average Bonchev–Trinajstić information content (AvgIpc) is 1.61. The molecule has 0 aromatic carbocycles. The topological polar surface area (TPSA) is 0 Å². The van der Waals surface area contributed by atoms with Crippen molar-refractivity contribution < 1.29 is 2.85 Å². The standard InChI is InChI=1S/C4H7I2.Al.2H/c1-2-3-4(5)6;;;/h4H,1-3H2;;;/q;+2;2*-1. The fraction of sp³-hybridized carbons (Fsp3) is 1.00. The molecular formula is C4H9AlI2. The molecule has 0 heterocycles. The van der Waals surface area contributed by atoms with Gasteiger partial charge in [0.1, 0.15) is 0 Å². The van der Waals surface area contributed by atoms with E-state index in [9.17, 15) is 0 Å². The zero-order valence-electron chi connectivity index (χ0n) is 6.03. The van der Waals surface area contributed by atoms with Gasteiger partial charge in [-0.3, -0.25) is 0 Å². The Morgan fingerprint density at radius 3 is 2.29 bits per heavy atom. The Morgan fingerprint density at radius 1 is 1.57 bits per heavy atom. The van der Waals surface area contributed by atoms with Crippen molar-refractivity contribution in [3.8, 4) is 0 Å². The number of alkyl halides is 2. The molecule has 0 rings (SSSR count). The van der Waals surface area contributed by atoms with Crippen LogP contribution in [0.1, 0.15) is 15.7 Å². The third-order valence-electron chi connectivity index (χ3n) is 0.626. The van der Waals surface area contributed by atoms with E-state index in [0.29, 0.717) is 0 Å². The third kappa shape index (κ3) is 7.99. The normalized spacial score (nSPS) is 10.4. The second-order valence-corrected chi connectivity index (χ2v) is 7.29. The molecule has 0 radical (unpaired) electrons. The molecular weight excluding hydrogens is 329 g/mol. The molecule has 0 aliphatic rings. The summed E-state index contributed by atoms with van der Waals surface area (Å²) in [6.07, 6.45) is 2.70. The van der Waals surface area contributed by atoms with Crippen molar-refractivity contribution in [2.45, 2.75) is 20.1 Å². The SMILES string of the molecule is [Al+2][CH2]CCC(I)I.[H-].[H-]. The van der Waals surface area contributed by atoms with Crippen LogP contribution in [0.3, 0.4) is 0 Å². The van der Waals surface area contributed by atoms with Crippen molar-refractivity contribution in [2.75, 3.05) is 0 Å². The molecule has 42 valence electrons. The average molecular weight is 338 g/mol. The van der Waals surface area contributed by atoms with Crippen molar-refractivity contribution in [3.63, 3.8) is 0 Å². The zero-order valence-corrected chi connectivity index (χ0v) is 9.50. The molecule has 3 heteroatoms. The second kappa shape index (κ2) is 6.12. The summed E-state index contributed by atoms with van der Waals surface area (Å²) in [4.78, 5) is 0. The van der Waals surface area contributed by atoms with E-state index in [2.05, 4.69) is 61.5 Å². The summed E-state index contributed by atoms with van der Waals surface area (Å²) in [5, 5.41) is 1.25. The van der Waals surface area contributed by atoms with Crippen LogP contribution in [0.2, 0.25) is 5.28 Å². The van der Waals surface area contributed by atoms with E-state index in [4.69, 9.17) is 0 Å². The summed E-state index contributed by atoms with van der Waals surface area (Å²) >= 11 is 7.62. The van der Waals surface area contributed by atoms with Gasteiger partial charge in [-0.15, -0.1) is 0 Å². The molecule has 0 fully saturated rings. The molecule has 0 unspecified atom stereocenters. The number of halogens is 2. The predicted octanol–water partition coefficient (Wildman–Crippen LogP) is 2.77. The van der Waals surface area contributed by atoms with Crippen LogP contribution in [0.25, 0.3) is 0 Å². The van der Waals surface area contributed by atoms with Gasteiger partial charge in [0.05, 0.1) is 0 Å². The van der Waals surface area contributed by atoms with Gasteiger partial charge in [0.2, 0.25) is 0 Å². The van der Waals surface area contributed by atoms with Gasteiger partial charge in [-0.2, -0.15) is 0 Å². The maximum absolute atomic E-state index is 2.74. The first kappa shape index (κ1) is 8.99. The molecule has 0 spiro atoms. The molecule has 0 N–H and O–H groups in total. The zero-order chi connectivity index (χ0) is 5.70. The monoisotopic (exact) mass is 338 g/mol. The second-order valence-electron chi connectivity index (χ2n) is 1.32. The summed E-state index contributed by atoms with van der Waals surface area (Å²) in [6, 6.07) is 0. The van der Waals surface area contributed by atoms with Crippen LogP contribution in [0.4, 0.5) is 0 Å². The first-order valence-electron chi connectivity index (χ1n) is 2.25. The van der Waals surface area contributed by atoms with Gasteiger partial charge >= 0.3 is 81.5 Å². The van der Waals surface area contributed by atoms with Crippen molar-refractivity contribution in [1.29, 1.82) is 0 Å². The van der Waals surface area contributed by atoms with Gasteiger partial charge in [-0.05, 0) is 0 Å². The molecule has 0 amide bonds. The maximum Gasteiger partial charge on any atom is -1.00 e. The summed E-state index contributed by atoms with van der Waals surface area (Å²) in [5.74, 6) is 0. The Kier molecular flexibility index (Phi) is 7.86. The summed E-state index contributed by atoms with van der Waals surface area (Å²) in [6.45, 7) is 0. The number of hydrogen-bond donors (Lipinski definition) is 0. The van der Waals surface area contributed by atoms with Crippen LogP contribution in [0.5, 0.6) is 0 Å². The largest absolute Gasteiger partial charge is 1.00 e. The fourth-order valence-electron chi connectivity index (χ4n) is 0.272. The Bertz CT molecular complexity index is 45.5. The van der Waals surface area contributed by atoms with Gasteiger partial charge in [0, 0.05) is 0 Å². The van der Waals surface area contributed by atoms with Crippen molar-refractivity contribution >= 4 is 61.5 Å². The molecule has 0 aliphatic carbocycles. The first-order chi connectivity index (χ1) is 3.27. The van der Waals surface area contributed by atoms with Gasteiger partial charge in [0.15, 0.2) is 0 Å². The smallest absolute Gasteiger partial charge is 1.00 e. The molecule has 7 heavy (non-hydrogen) atoms.